The lowest BCUT2D eigenvalue weighted by Crippen LogP contribution is -2.28. The van der Waals surface area contributed by atoms with Crippen LogP contribution in [0.3, 0.4) is 0 Å². The number of aryl methyl sites for hydroxylation is 1. The fourth-order valence-corrected chi connectivity index (χ4v) is 2.51. The van der Waals surface area contributed by atoms with Crippen LogP contribution in [0, 0.1) is 6.92 Å². The molecule has 0 saturated heterocycles. The summed E-state index contributed by atoms with van der Waals surface area (Å²) in [5.74, 6) is 0. The molecule has 1 aromatic rings. The molecule has 1 aliphatic rings. The standard InChI is InChI=1S/C14H19NO/c1-11-9-14(8-7-12(11)10-16)15(2)13-5-3-4-6-13/h7-10,13H,3-6H2,1-2H3. The van der Waals surface area contributed by atoms with Gasteiger partial charge in [0.25, 0.3) is 0 Å². The molecule has 0 N–H and O–H groups in total. The van der Waals surface area contributed by atoms with Gasteiger partial charge >= 0.3 is 0 Å². The number of carbonyl (C=O) groups is 1. The molecule has 0 atom stereocenters. The van der Waals surface area contributed by atoms with Crippen LogP contribution in [0.1, 0.15) is 41.6 Å². The molecular formula is C14H19NO. The number of anilines is 1. The third kappa shape index (κ3) is 2.11. The Balaban J connectivity index is 2.19. The molecular weight excluding hydrogens is 198 g/mol. The summed E-state index contributed by atoms with van der Waals surface area (Å²) in [6.45, 7) is 2.00. The zero-order chi connectivity index (χ0) is 11.5. The first-order valence-electron chi connectivity index (χ1n) is 6.01. The van der Waals surface area contributed by atoms with Gasteiger partial charge < -0.3 is 4.90 Å². The minimum atomic E-state index is 0.682. The van der Waals surface area contributed by atoms with Crippen molar-refractivity contribution in [1.29, 1.82) is 0 Å². The molecule has 86 valence electrons. The van der Waals surface area contributed by atoms with Crippen molar-refractivity contribution < 1.29 is 4.79 Å². The van der Waals surface area contributed by atoms with Gasteiger partial charge in [-0.3, -0.25) is 4.79 Å². The van der Waals surface area contributed by atoms with Gasteiger partial charge in [0.2, 0.25) is 0 Å². The van der Waals surface area contributed by atoms with Crippen molar-refractivity contribution in [3.05, 3.63) is 29.3 Å². The third-order valence-electron chi connectivity index (χ3n) is 3.66. The first kappa shape index (κ1) is 11.2. The van der Waals surface area contributed by atoms with Crippen LogP contribution >= 0.6 is 0 Å². The fraction of sp³-hybridized carbons (Fsp3) is 0.500. The molecule has 1 aliphatic carbocycles. The molecule has 0 heterocycles. The van der Waals surface area contributed by atoms with Crippen molar-refractivity contribution in [1.82, 2.24) is 0 Å². The molecule has 0 aromatic heterocycles. The van der Waals surface area contributed by atoms with E-state index in [1.165, 1.54) is 31.4 Å². The summed E-state index contributed by atoms with van der Waals surface area (Å²) >= 11 is 0. The van der Waals surface area contributed by atoms with E-state index in [4.69, 9.17) is 0 Å². The van der Waals surface area contributed by atoms with Crippen LogP contribution in [-0.4, -0.2) is 19.4 Å². The first-order chi connectivity index (χ1) is 7.72. The maximum absolute atomic E-state index is 10.8. The molecule has 0 spiro atoms. The van der Waals surface area contributed by atoms with Crippen LogP contribution in [0.15, 0.2) is 18.2 Å². The minimum absolute atomic E-state index is 0.682. The molecule has 0 aliphatic heterocycles. The van der Waals surface area contributed by atoms with Gasteiger partial charge in [0.15, 0.2) is 0 Å². The van der Waals surface area contributed by atoms with Gasteiger partial charge in [-0.25, -0.2) is 0 Å². The van der Waals surface area contributed by atoms with Crippen molar-refractivity contribution in [2.75, 3.05) is 11.9 Å². The molecule has 1 aromatic carbocycles. The Kier molecular flexibility index (Phi) is 3.28. The monoisotopic (exact) mass is 217 g/mol. The smallest absolute Gasteiger partial charge is 0.150 e. The Morgan fingerprint density at radius 3 is 2.56 bits per heavy atom. The maximum atomic E-state index is 10.8. The molecule has 0 radical (unpaired) electrons. The van der Waals surface area contributed by atoms with Crippen LogP contribution < -0.4 is 4.90 Å². The Bertz CT molecular complexity index is 380. The zero-order valence-corrected chi connectivity index (χ0v) is 10.1. The highest BCUT2D eigenvalue weighted by molar-refractivity contribution is 5.78. The topological polar surface area (TPSA) is 20.3 Å². The van der Waals surface area contributed by atoms with E-state index >= 15 is 0 Å². The summed E-state index contributed by atoms with van der Waals surface area (Å²) in [6.07, 6.45) is 6.21. The second-order valence-electron chi connectivity index (χ2n) is 4.71. The molecule has 2 nitrogen and oxygen atoms in total. The number of aldehydes is 1. The molecule has 1 fully saturated rings. The van der Waals surface area contributed by atoms with E-state index in [-0.39, 0.29) is 0 Å². The molecule has 1 saturated carbocycles. The van der Waals surface area contributed by atoms with Crippen molar-refractivity contribution in [2.45, 2.75) is 38.6 Å². The predicted molar refractivity (Wildman–Crippen MR) is 67.2 cm³/mol. The molecule has 0 amide bonds. The second-order valence-corrected chi connectivity index (χ2v) is 4.71. The molecule has 16 heavy (non-hydrogen) atoms. The van der Waals surface area contributed by atoms with E-state index < -0.39 is 0 Å². The number of hydrogen-bond donors (Lipinski definition) is 0. The van der Waals surface area contributed by atoms with Gasteiger partial charge in [-0.15, -0.1) is 0 Å². The number of carbonyl (C=O) groups excluding carboxylic acids is 1. The van der Waals surface area contributed by atoms with Gasteiger partial charge in [0.05, 0.1) is 0 Å². The summed E-state index contributed by atoms with van der Waals surface area (Å²) in [4.78, 5) is 13.1. The van der Waals surface area contributed by atoms with E-state index in [2.05, 4.69) is 24.1 Å². The number of nitrogens with zero attached hydrogens (tertiary/aromatic N) is 1. The lowest BCUT2D eigenvalue weighted by atomic mass is 10.1. The highest BCUT2D eigenvalue weighted by Gasteiger charge is 2.19. The molecule has 2 rings (SSSR count). The SMILES string of the molecule is Cc1cc(N(C)C2CCCC2)ccc1C=O. The largest absolute Gasteiger partial charge is 0.372 e. The van der Waals surface area contributed by atoms with E-state index in [0.29, 0.717) is 6.04 Å². The average Bonchev–Trinajstić information content (AvgIpc) is 2.81. The average molecular weight is 217 g/mol. The van der Waals surface area contributed by atoms with E-state index in [0.717, 1.165) is 17.4 Å². The Morgan fingerprint density at radius 2 is 2.00 bits per heavy atom. The molecule has 0 bridgehead atoms. The van der Waals surface area contributed by atoms with E-state index in [1.807, 2.05) is 13.0 Å². The van der Waals surface area contributed by atoms with E-state index in [9.17, 15) is 4.79 Å². The van der Waals surface area contributed by atoms with Crippen molar-refractivity contribution >= 4 is 12.0 Å². The fourth-order valence-electron chi connectivity index (χ4n) is 2.51. The number of benzene rings is 1. The van der Waals surface area contributed by atoms with Gasteiger partial charge in [-0.05, 0) is 43.5 Å². The van der Waals surface area contributed by atoms with Crippen molar-refractivity contribution in [3.63, 3.8) is 0 Å². The maximum Gasteiger partial charge on any atom is 0.150 e. The van der Waals surface area contributed by atoms with Gasteiger partial charge in [-0.1, -0.05) is 12.8 Å². The Labute approximate surface area is 97.3 Å². The third-order valence-corrected chi connectivity index (χ3v) is 3.66. The summed E-state index contributed by atoms with van der Waals surface area (Å²) in [6, 6.07) is 6.77. The summed E-state index contributed by atoms with van der Waals surface area (Å²) in [7, 11) is 2.16. The van der Waals surface area contributed by atoms with Crippen LogP contribution in [0.4, 0.5) is 5.69 Å². The van der Waals surface area contributed by atoms with Crippen molar-refractivity contribution in [3.8, 4) is 0 Å². The number of hydrogen-bond acceptors (Lipinski definition) is 2. The van der Waals surface area contributed by atoms with Gasteiger partial charge in [0.1, 0.15) is 6.29 Å². The van der Waals surface area contributed by atoms with Crippen LogP contribution in [-0.2, 0) is 0 Å². The normalized spacial score (nSPS) is 16.4. The summed E-state index contributed by atoms with van der Waals surface area (Å²) in [5, 5.41) is 0. The lowest BCUT2D eigenvalue weighted by Gasteiger charge is -2.27. The van der Waals surface area contributed by atoms with Crippen LogP contribution in [0.5, 0.6) is 0 Å². The minimum Gasteiger partial charge on any atom is -0.372 e. The zero-order valence-electron chi connectivity index (χ0n) is 10.1. The predicted octanol–water partition coefficient (Wildman–Crippen LogP) is 3.19. The second kappa shape index (κ2) is 4.69. The first-order valence-corrected chi connectivity index (χ1v) is 6.01. The Hall–Kier alpha value is -1.31. The van der Waals surface area contributed by atoms with Crippen LogP contribution in [0.25, 0.3) is 0 Å². The van der Waals surface area contributed by atoms with Gasteiger partial charge in [0, 0.05) is 24.3 Å². The van der Waals surface area contributed by atoms with Gasteiger partial charge in [-0.2, -0.15) is 0 Å². The lowest BCUT2D eigenvalue weighted by molar-refractivity contribution is 0.112. The summed E-state index contributed by atoms with van der Waals surface area (Å²) < 4.78 is 0. The molecule has 2 heteroatoms. The van der Waals surface area contributed by atoms with Crippen LogP contribution in [0.2, 0.25) is 0 Å². The number of rotatable bonds is 3. The molecule has 0 unspecified atom stereocenters. The highest BCUT2D eigenvalue weighted by Crippen LogP contribution is 2.27. The quantitative estimate of drug-likeness (QED) is 0.725. The highest BCUT2D eigenvalue weighted by atomic mass is 16.1. The van der Waals surface area contributed by atoms with E-state index in [1.54, 1.807) is 0 Å². The Morgan fingerprint density at radius 1 is 1.31 bits per heavy atom. The summed E-state index contributed by atoms with van der Waals surface area (Å²) in [5.41, 5.74) is 3.09. The van der Waals surface area contributed by atoms with Crippen molar-refractivity contribution in [2.24, 2.45) is 0 Å².